The fourth-order valence-electron chi connectivity index (χ4n) is 1.03. The molecule has 0 aromatic carbocycles. The Morgan fingerprint density at radius 1 is 1.00 bits per heavy atom. The van der Waals surface area contributed by atoms with Gasteiger partial charge in [0.1, 0.15) is 0 Å². The standard InChI is InChI=1S/C8H18O2.C5H9NO/c1-7(2,3)9-10-8(4,5)6;1-6-4-2-3-5(6)7/h1-6H3;2-4H2,1H3. The molecule has 0 N–H and O–H groups in total. The van der Waals surface area contributed by atoms with Crippen LogP contribution in [-0.2, 0) is 14.6 Å². The molecule has 4 heteroatoms. The van der Waals surface area contributed by atoms with Crippen LogP contribution in [0.15, 0.2) is 0 Å². The molecule has 4 nitrogen and oxygen atoms in total. The van der Waals surface area contributed by atoms with Crippen LogP contribution in [0, 0.1) is 0 Å². The fraction of sp³-hybridized carbons (Fsp3) is 0.923. The van der Waals surface area contributed by atoms with E-state index in [1.807, 2.05) is 48.6 Å². The van der Waals surface area contributed by atoms with E-state index in [-0.39, 0.29) is 11.2 Å². The normalized spacial score (nSPS) is 16.9. The van der Waals surface area contributed by atoms with E-state index in [4.69, 9.17) is 9.78 Å². The summed E-state index contributed by atoms with van der Waals surface area (Å²) >= 11 is 0. The van der Waals surface area contributed by atoms with Crippen molar-refractivity contribution < 1.29 is 14.6 Å². The maximum atomic E-state index is 10.5. The summed E-state index contributed by atoms with van der Waals surface area (Å²) in [6.07, 6.45) is 1.81. The molecule has 17 heavy (non-hydrogen) atoms. The minimum atomic E-state index is -0.215. The molecule has 0 aromatic rings. The summed E-state index contributed by atoms with van der Waals surface area (Å²) in [5.74, 6) is 0.292. The number of rotatable bonds is 1. The fourth-order valence-corrected chi connectivity index (χ4v) is 1.03. The molecular weight excluding hydrogens is 218 g/mol. The lowest BCUT2D eigenvalue weighted by atomic mass is 10.2. The molecule has 0 unspecified atom stereocenters. The van der Waals surface area contributed by atoms with Crippen molar-refractivity contribution in [2.75, 3.05) is 13.6 Å². The van der Waals surface area contributed by atoms with Gasteiger partial charge in [-0.25, -0.2) is 9.78 Å². The molecule has 1 aliphatic rings. The van der Waals surface area contributed by atoms with Gasteiger partial charge < -0.3 is 4.90 Å². The molecule has 102 valence electrons. The molecule has 0 aliphatic carbocycles. The van der Waals surface area contributed by atoms with Gasteiger partial charge in [-0.1, -0.05) is 0 Å². The van der Waals surface area contributed by atoms with Crippen LogP contribution in [0.1, 0.15) is 54.4 Å². The summed E-state index contributed by atoms with van der Waals surface area (Å²) in [6, 6.07) is 0. The van der Waals surface area contributed by atoms with E-state index in [0.29, 0.717) is 5.91 Å². The van der Waals surface area contributed by atoms with Gasteiger partial charge >= 0.3 is 0 Å². The molecule has 1 rings (SSSR count). The Kier molecular flexibility index (Phi) is 6.13. The van der Waals surface area contributed by atoms with Crippen LogP contribution < -0.4 is 0 Å². The Morgan fingerprint density at radius 3 is 1.53 bits per heavy atom. The third kappa shape index (κ3) is 10.3. The summed E-state index contributed by atoms with van der Waals surface area (Å²) in [7, 11) is 1.84. The largest absolute Gasteiger partial charge is 0.346 e. The third-order valence-electron chi connectivity index (χ3n) is 1.85. The summed E-state index contributed by atoms with van der Waals surface area (Å²) in [4.78, 5) is 22.5. The first-order valence-electron chi connectivity index (χ1n) is 6.12. The lowest BCUT2D eigenvalue weighted by Gasteiger charge is -2.24. The van der Waals surface area contributed by atoms with Crippen molar-refractivity contribution in [3.05, 3.63) is 0 Å². The van der Waals surface area contributed by atoms with Crippen LogP contribution in [0.5, 0.6) is 0 Å². The van der Waals surface area contributed by atoms with Gasteiger partial charge in [-0.2, -0.15) is 0 Å². The molecule has 1 heterocycles. The van der Waals surface area contributed by atoms with Gasteiger partial charge in [0.05, 0.1) is 11.2 Å². The van der Waals surface area contributed by atoms with Crippen molar-refractivity contribution in [3.8, 4) is 0 Å². The molecule has 0 saturated carbocycles. The highest BCUT2D eigenvalue weighted by atomic mass is 17.2. The van der Waals surface area contributed by atoms with E-state index in [9.17, 15) is 4.79 Å². The van der Waals surface area contributed by atoms with E-state index in [2.05, 4.69) is 0 Å². The highest BCUT2D eigenvalue weighted by molar-refractivity contribution is 5.77. The number of likely N-dealkylation sites (tertiary alicyclic amines) is 1. The van der Waals surface area contributed by atoms with E-state index < -0.39 is 0 Å². The molecule has 0 radical (unpaired) electrons. The van der Waals surface area contributed by atoms with Gasteiger partial charge in [0.2, 0.25) is 5.91 Å². The Hall–Kier alpha value is -0.610. The monoisotopic (exact) mass is 245 g/mol. The number of carbonyl (C=O) groups excluding carboxylic acids is 1. The lowest BCUT2D eigenvalue weighted by Crippen LogP contribution is -2.27. The van der Waals surface area contributed by atoms with Crippen LogP contribution in [-0.4, -0.2) is 35.6 Å². The Labute approximate surface area is 105 Å². The number of carbonyl (C=O) groups is 1. The van der Waals surface area contributed by atoms with E-state index >= 15 is 0 Å². The molecule has 1 aliphatic heterocycles. The van der Waals surface area contributed by atoms with Crippen LogP contribution in [0.2, 0.25) is 0 Å². The van der Waals surface area contributed by atoms with Gasteiger partial charge in [0.25, 0.3) is 0 Å². The minimum Gasteiger partial charge on any atom is -0.346 e. The Balaban J connectivity index is 0.000000318. The van der Waals surface area contributed by atoms with Crippen LogP contribution >= 0.6 is 0 Å². The first-order chi connectivity index (χ1) is 7.51. The van der Waals surface area contributed by atoms with Crippen LogP contribution in [0.25, 0.3) is 0 Å². The summed E-state index contributed by atoms with van der Waals surface area (Å²) < 4.78 is 0. The number of nitrogens with zero attached hydrogens (tertiary/aromatic N) is 1. The summed E-state index contributed by atoms with van der Waals surface area (Å²) in [5, 5.41) is 0. The molecule has 0 aromatic heterocycles. The first kappa shape index (κ1) is 16.4. The van der Waals surface area contributed by atoms with Crippen molar-refractivity contribution in [1.82, 2.24) is 4.90 Å². The van der Waals surface area contributed by atoms with E-state index in [1.165, 1.54) is 0 Å². The Morgan fingerprint density at radius 2 is 1.41 bits per heavy atom. The second-order valence-corrected chi connectivity index (χ2v) is 6.31. The van der Waals surface area contributed by atoms with E-state index in [0.717, 1.165) is 19.4 Å². The SMILES string of the molecule is CC(C)(C)OOC(C)(C)C.CN1CCCC1=O. The Bertz CT molecular complexity index is 224. The van der Waals surface area contributed by atoms with E-state index in [1.54, 1.807) is 4.90 Å². The predicted octanol–water partition coefficient (Wildman–Crippen LogP) is 2.77. The second kappa shape index (κ2) is 6.36. The predicted molar refractivity (Wildman–Crippen MR) is 68.5 cm³/mol. The molecule has 1 fully saturated rings. The zero-order chi connectivity index (χ0) is 13.7. The zero-order valence-electron chi connectivity index (χ0n) is 12.3. The third-order valence-corrected chi connectivity index (χ3v) is 1.85. The second-order valence-electron chi connectivity index (χ2n) is 6.31. The van der Waals surface area contributed by atoms with Crippen molar-refractivity contribution in [1.29, 1.82) is 0 Å². The van der Waals surface area contributed by atoms with Crippen molar-refractivity contribution in [2.24, 2.45) is 0 Å². The molecule has 0 atom stereocenters. The van der Waals surface area contributed by atoms with Crippen molar-refractivity contribution in [2.45, 2.75) is 65.6 Å². The topological polar surface area (TPSA) is 38.8 Å². The quantitative estimate of drug-likeness (QED) is 0.526. The van der Waals surface area contributed by atoms with Crippen molar-refractivity contribution in [3.63, 3.8) is 0 Å². The van der Waals surface area contributed by atoms with Gasteiger partial charge in [-0.05, 0) is 48.0 Å². The zero-order valence-corrected chi connectivity index (χ0v) is 12.3. The van der Waals surface area contributed by atoms with Gasteiger partial charge in [-0.15, -0.1) is 0 Å². The molecule has 1 amide bonds. The van der Waals surface area contributed by atoms with Gasteiger partial charge in [0.15, 0.2) is 0 Å². The number of hydrogen-bond acceptors (Lipinski definition) is 3. The number of hydrogen-bond donors (Lipinski definition) is 0. The van der Waals surface area contributed by atoms with Gasteiger partial charge in [-0.3, -0.25) is 4.79 Å². The minimum absolute atomic E-state index is 0.215. The molecule has 1 saturated heterocycles. The maximum Gasteiger partial charge on any atom is 0.222 e. The smallest absolute Gasteiger partial charge is 0.222 e. The van der Waals surface area contributed by atoms with Crippen molar-refractivity contribution >= 4 is 5.91 Å². The average molecular weight is 245 g/mol. The highest BCUT2D eigenvalue weighted by Gasteiger charge is 2.18. The molecule has 0 spiro atoms. The molecule has 0 bridgehead atoms. The van der Waals surface area contributed by atoms with Crippen LogP contribution in [0.3, 0.4) is 0 Å². The average Bonchev–Trinajstić information content (AvgIpc) is 2.47. The first-order valence-corrected chi connectivity index (χ1v) is 6.12. The summed E-state index contributed by atoms with van der Waals surface area (Å²) in [5.41, 5.74) is -0.430. The summed E-state index contributed by atoms with van der Waals surface area (Å²) in [6.45, 7) is 12.7. The number of amides is 1. The maximum absolute atomic E-state index is 10.5. The highest BCUT2D eigenvalue weighted by Crippen LogP contribution is 2.14. The van der Waals surface area contributed by atoms with Crippen LogP contribution in [0.4, 0.5) is 0 Å². The molecular formula is C13H27NO3. The van der Waals surface area contributed by atoms with Gasteiger partial charge in [0, 0.05) is 20.0 Å². The lowest BCUT2D eigenvalue weighted by molar-refractivity contribution is -0.393.